The van der Waals surface area contributed by atoms with Gasteiger partial charge in [-0.3, -0.25) is 9.59 Å². The minimum absolute atomic E-state index is 0.204. The summed E-state index contributed by atoms with van der Waals surface area (Å²) in [6.45, 7) is 8.39. The molecule has 0 saturated heterocycles. The van der Waals surface area contributed by atoms with Gasteiger partial charge in [-0.15, -0.1) is 0 Å². The third-order valence-electron chi connectivity index (χ3n) is 5.24. The molecule has 2 aromatic carbocycles. The van der Waals surface area contributed by atoms with Gasteiger partial charge in [-0.05, 0) is 33.7 Å². The van der Waals surface area contributed by atoms with Crippen LogP contribution in [0.3, 0.4) is 0 Å². The Kier molecular flexibility index (Phi) is 3.72. The maximum absolute atomic E-state index is 11.7. The maximum Gasteiger partial charge on any atom is 0.166 e. The van der Waals surface area contributed by atoms with Gasteiger partial charge in [-0.1, -0.05) is 52.0 Å². The number of aldehydes is 2. The van der Waals surface area contributed by atoms with Crippen molar-refractivity contribution in [1.29, 1.82) is 0 Å². The average Bonchev–Trinajstić information content (AvgIpc) is 3.20. The average molecular weight is 346 g/mol. The molecule has 0 aliphatic carbocycles. The lowest BCUT2D eigenvalue weighted by molar-refractivity contribution is 0.111. The first-order chi connectivity index (χ1) is 12.5. The Labute approximate surface area is 151 Å². The van der Waals surface area contributed by atoms with Crippen molar-refractivity contribution in [3.05, 3.63) is 46.8 Å². The lowest BCUT2D eigenvalue weighted by Gasteiger charge is -2.11. The van der Waals surface area contributed by atoms with Gasteiger partial charge in [0.2, 0.25) is 0 Å². The van der Waals surface area contributed by atoms with Crippen LogP contribution in [0, 0.1) is 0 Å². The highest BCUT2D eigenvalue weighted by Crippen LogP contribution is 2.42. The summed E-state index contributed by atoms with van der Waals surface area (Å²) in [5.41, 5.74) is 5.09. The van der Waals surface area contributed by atoms with E-state index in [1.54, 1.807) is 0 Å². The van der Waals surface area contributed by atoms with E-state index in [0.717, 1.165) is 56.3 Å². The Balaban J connectivity index is 2.38. The number of fused-ring (bicyclic) bond motifs is 6. The van der Waals surface area contributed by atoms with Crippen LogP contribution in [0.5, 0.6) is 0 Å². The molecule has 0 atom stereocenters. The number of benzene rings is 2. The molecule has 0 fully saturated rings. The fourth-order valence-electron chi connectivity index (χ4n) is 4.31. The second kappa shape index (κ2) is 5.84. The SMILES string of the molecule is CC(C)c1c(C=O)[nH]c2c3[nH]c(C=O)c(C(C)C)c3c3ccccc3c12. The van der Waals surface area contributed by atoms with Gasteiger partial charge in [0.1, 0.15) is 0 Å². The molecule has 0 bridgehead atoms. The lowest BCUT2D eigenvalue weighted by Crippen LogP contribution is -1.93. The Hall–Kier alpha value is -2.88. The molecule has 4 heteroatoms. The Bertz CT molecular complexity index is 1080. The Morgan fingerprint density at radius 2 is 1.12 bits per heavy atom. The zero-order chi connectivity index (χ0) is 18.6. The van der Waals surface area contributed by atoms with E-state index in [9.17, 15) is 9.59 Å². The van der Waals surface area contributed by atoms with Crippen LogP contribution < -0.4 is 0 Å². The van der Waals surface area contributed by atoms with Gasteiger partial charge in [-0.2, -0.15) is 0 Å². The van der Waals surface area contributed by atoms with Gasteiger partial charge < -0.3 is 9.97 Å². The van der Waals surface area contributed by atoms with Crippen LogP contribution in [-0.2, 0) is 0 Å². The number of aromatic amines is 2. The summed E-state index contributed by atoms with van der Waals surface area (Å²) in [7, 11) is 0. The van der Waals surface area contributed by atoms with Crippen LogP contribution >= 0.6 is 0 Å². The van der Waals surface area contributed by atoms with Gasteiger partial charge in [-0.25, -0.2) is 0 Å². The van der Waals surface area contributed by atoms with Crippen molar-refractivity contribution >= 4 is 45.2 Å². The number of hydrogen-bond donors (Lipinski definition) is 2. The van der Waals surface area contributed by atoms with Crippen molar-refractivity contribution in [3.8, 4) is 0 Å². The van der Waals surface area contributed by atoms with Crippen molar-refractivity contribution in [2.24, 2.45) is 0 Å². The minimum atomic E-state index is 0.204. The predicted molar refractivity (Wildman–Crippen MR) is 107 cm³/mol. The number of hydrogen-bond acceptors (Lipinski definition) is 2. The normalized spacial score (nSPS) is 12.1. The van der Waals surface area contributed by atoms with Crippen LogP contribution in [0.25, 0.3) is 32.6 Å². The highest BCUT2D eigenvalue weighted by atomic mass is 16.1. The molecular weight excluding hydrogens is 324 g/mol. The summed E-state index contributed by atoms with van der Waals surface area (Å²) in [6, 6.07) is 8.24. The van der Waals surface area contributed by atoms with Crippen molar-refractivity contribution < 1.29 is 9.59 Å². The number of carbonyl (C=O) groups excluding carboxylic acids is 2. The molecule has 0 aliphatic heterocycles. The lowest BCUT2D eigenvalue weighted by atomic mass is 9.91. The highest BCUT2D eigenvalue weighted by Gasteiger charge is 2.24. The summed E-state index contributed by atoms with van der Waals surface area (Å²) in [5, 5.41) is 4.36. The molecular formula is C22H22N2O2. The third-order valence-corrected chi connectivity index (χ3v) is 5.24. The molecule has 2 aromatic heterocycles. The van der Waals surface area contributed by atoms with E-state index in [2.05, 4.69) is 49.8 Å². The summed E-state index contributed by atoms with van der Waals surface area (Å²) in [4.78, 5) is 30.1. The molecule has 2 heterocycles. The number of rotatable bonds is 4. The number of nitrogens with one attached hydrogen (secondary N) is 2. The second-order valence-corrected chi connectivity index (χ2v) is 7.50. The summed E-state index contributed by atoms with van der Waals surface area (Å²) in [5.74, 6) is 0.407. The van der Waals surface area contributed by atoms with Gasteiger partial charge in [0.25, 0.3) is 0 Å². The van der Waals surface area contributed by atoms with Crippen LogP contribution in [0.2, 0.25) is 0 Å². The van der Waals surface area contributed by atoms with Crippen LogP contribution in [0.15, 0.2) is 24.3 Å². The van der Waals surface area contributed by atoms with E-state index in [1.165, 1.54) is 0 Å². The zero-order valence-electron chi connectivity index (χ0n) is 15.4. The van der Waals surface area contributed by atoms with Crippen LogP contribution in [0.1, 0.15) is 71.6 Å². The van der Waals surface area contributed by atoms with Crippen molar-refractivity contribution in [3.63, 3.8) is 0 Å². The number of H-pyrrole nitrogens is 2. The molecule has 26 heavy (non-hydrogen) atoms. The molecule has 132 valence electrons. The van der Waals surface area contributed by atoms with E-state index >= 15 is 0 Å². The predicted octanol–water partition coefficient (Wildman–Crippen LogP) is 5.67. The van der Waals surface area contributed by atoms with Crippen LogP contribution in [-0.4, -0.2) is 22.5 Å². The van der Waals surface area contributed by atoms with E-state index in [4.69, 9.17) is 0 Å². The summed E-state index contributed by atoms with van der Waals surface area (Å²) >= 11 is 0. The molecule has 2 N–H and O–H groups in total. The molecule has 0 aliphatic rings. The molecule has 0 spiro atoms. The summed E-state index contributed by atoms with van der Waals surface area (Å²) < 4.78 is 0. The van der Waals surface area contributed by atoms with Crippen molar-refractivity contribution in [1.82, 2.24) is 9.97 Å². The molecule has 4 rings (SSSR count). The largest absolute Gasteiger partial charge is 0.350 e. The topological polar surface area (TPSA) is 65.7 Å². The molecule has 4 nitrogen and oxygen atoms in total. The van der Waals surface area contributed by atoms with Gasteiger partial charge in [0.15, 0.2) is 12.6 Å². The van der Waals surface area contributed by atoms with Crippen LogP contribution in [0.4, 0.5) is 0 Å². The molecule has 0 unspecified atom stereocenters. The number of carbonyl (C=O) groups is 2. The van der Waals surface area contributed by atoms with Gasteiger partial charge in [0, 0.05) is 10.8 Å². The fourth-order valence-corrected chi connectivity index (χ4v) is 4.31. The molecule has 0 radical (unpaired) electrons. The number of aromatic nitrogens is 2. The summed E-state index contributed by atoms with van der Waals surface area (Å²) in [6.07, 6.45) is 1.78. The standard InChI is InChI=1S/C22H22N2O2/c1-11(2)17-15(9-25)23-21-19(17)13-7-5-6-8-14(13)20-18(12(3)4)16(10-26)24-22(20)21/h5-12,23-24H,1-4H3. The first kappa shape index (κ1) is 16.6. The first-order valence-electron chi connectivity index (χ1n) is 9.01. The van der Waals surface area contributed by atoms with E-state index in [1.807, 2.05) is 12.1 Å². The quantitative estimate of drug-likeness (QED) is 0.467. The molecule has 4 aromatic rings. The van der Waals surface area contributed by atoms with E-state index < -0.39 is 0 Å². The smallest absolute Gasteiger partial charge is 0.166 e. The Morgan fingerprint density at radius 3 is 1.42 bits per heavy atom. The van der Waals surface area contributed by atoms with E-state index in [0.29, 0.717) is 11.4 Å². The first-order valence-corrected chi connectivity index (χ1v) is 9.01. The fraction of sp³-hybridized carbons (Fsp3) is 0.273. The third kappa shape index (κ3) is 2.08. The van der Waals surface area contributed by atoms with Crippen molar-refractivity contribution in [2.75, 3.05) is 0 Å². The maximum atomic E-state index is 11.7. The van der Waals surface area contributed by atoms with E-state index in [-0.39, 0.29) is 11.8 Å². The zero-order valence-corrected chi connectivity index (χ0v) is 15.4. The minimum Gasteiger partial charge on any atom is -0.350 e. The van der Waals surface area contributed by atoms with Gasteiger partial charge >= 0.3 is 0 Å². The van der Waals surface area contributed by atoms with Crippen molar-refractivity contribution in [2.45, 2.75) is 39.5 Å². The molecule has 0 saturated carbocycles. The molecule has 0 amide bonds. The Morgan fingerprint density at radius 1 is 0.731 bits per heavy atom. The van der Waals surface area contributed by atoms with Gasteiger partial charge in [0.05, 0.1) is 22.4 Å². The highest BCUT2D eigenvalue weighted by molar-refractivity contribution is 6.27. The monoisotopic (exact) mass is 346 g/mol. The second-order valence-electron chi connectivity index (χ2n) is 7.50.